The minimum atomic E-state index is -1.96. The van der Waals surface area contributed by atoms with E-state index in [0.717, 1.165) is 11.8 Å². The van der Waals surface area contributed by atoms with E-state index in [1.807, 2.05) is 0 Å². The second-order valence-corrected chi connectivity index (χ2v) is 7.63. The maximum atomic E-state index is 12.0. The zero-order valence-electron chi connectivity index (χ0n) is 14.6. The summed E-state index contributed by atoms with van der Waals surface area (Å²) in [5, 5.41) is 52.0. The zero-order valence-corrected chi connectivity index (χ0v) is 15.4. The normalized spacial score (nSPS) is 30.3. The number of benzene rings is 1. The number of aliphatic hydroxyl groups is 4. The van der Waals surface area contributed by atoms with E-state index in [9.17, 15) is 30.0 Å². The Kier molecular flexibility index (Phi) is 7.20. The highest BCUT2D eigenvalue weighted by Gasteiger charge is 2.55. The molecule has 27 heavy (non-hydrogen) atoms. The van der Waals surface area contributed by atoms with Gasteiger partial charge in [0.25, 0.3) is 0 Å². The first-order valence-corrected chi connectivity index (χ1v) is 9.09. The number of rotatable bonds is 7. The summed E-state index contributed by atoms with van der Waals surface area (Å²) in [6.07, 6.45) is -6.60. The number of nitrogens with one attached hydrogen (secondary N) is 1. The Morgan fingerprint density at radius 1 is 1.33 bits per heavy atom. The van der Waals surface area contributed by atoms with Crippen molar-refractivity contribution in [2.75, 3.05) is 6.61 Å². The van der Waals surface area contributed by atoms with Crippen molar-refractivity contribution in [3.63, 3.8) is 0 Å². The molecule has 1 aromatic carbocycles. The second kappa shape index (κ2) is 9.00. The van der Waals surface area contributed by atoms with E-state index in [0.29, 0.717) is 4.90 Å². The van der Waals surface area contributed by atoms with Gasteiger partial charge >= 0.3 is 5.97 Å². The SMILES string of the molecule is CC(=O)N[C@H]1[C@H]([C@H](O)[C@H](O)CO)O[C@@](Sc2ccccc2)(C(=O)O)C[C@@H]1O. The Morgan fingerprint density at radius 3 is 2.48 bits per heavy atom. The van der Waals surface area contributed by atoms with Crippen molar-refractivity contribution in [2.45, 2.75) is 53.6 Å². The van der Waals surface area contributed by atoms with Crippen LogP contribution in [0, 0.1) is 0 Å². The number of thioether (sulfide) groups is 1. The first kappa shape index (κ1) is 21.6. The molecule has 0 aliphatic carbocycles. The molecule has 0 unspecified atom stereocenters. The summed E-state index contributed by atoms with van der Waals surface area (Å²) in [7, 11) is 0. The van der Waals surface area contributed by atoms with Gasteiger partial charge in [0.2, 0.25) is 10.8 Å². The smallest absolute Gasteiger partial charge is 0.347 e. The van der Waals surface area contributed by atoms with Crippen LogP contribution in [0.3, 0.4) is 0 Å². The molecule has 0 spiro atoms. The number of aliphatic carboxylic acids is 1. The van der Waals surface area contributed by atoms with Gasteiger partial charge < -0.3 is 35.6 Å². The van der Waals surface area contributed by atoms with Gasteiger partial charge in [-0.1, -0.05) is 30.0 Å². The van der Waals surface area contributed by atoms with Crippen LogP contribution in [0.4, 0.5) is 0 Å². The minimum Gasteiger partial charge on any atom is -0.478 e. The van der Waals surface area contributed by atoms with Crippen LogP contribution in [0.25, 0.3) is 0 Å². The van der Waals surface area contributed by atoms with Crippen LogP contribution in [0.15, 0.2) is 35.2 Å². The molecule has 1 aliphatic heterocycles. The average Bonchev–Trinajstić information content (AvgIpc) is 2.62. The molecule has 0 bridgehead atoms. The molecule has 10 heteroatoms. The number of hydrogen-bond acceptors (Lipinski definition) is 8. The number of aliphatic hydroxyl groups excluding tert-OH is 4. The van der Waals surface area contributed by atoms with Crippen molar-refractivity contribution in [2.24, 2.45) is 0 Å². The molecule has 1 fully saturated rings. The Balaban J connectivity index is 2.39. The van der Waals surface area contributed by atoms with Crippen molar-refractivity contribution in [3.8, 4) is 0 Å². The van der Waals surface area contributed by atoms with Gasteiger partial charge in [0.05, 0.1) is 18.8 Å². The van der Waals surface area contributed by atoms with Crippen molar-refractivity contribution in [3.05, 3.63) is 30.3 Å². The van der Waals surface area contributed by atoms with E-state index in [4.69, 9.17) is 9.84 Å². The topological polar surface area (TPSA) is 157 Å². The lowest BCUT2D eigenvalue weighted by atomic mass is 9.90. The molecule has 1 saturated heterocycles. The van der Waals surface area contributed by atoms with E-state index in [1.54, 1.807) is 30.3 Å². The number of carbonyl (C=O) groups excluding carboxylic acids is 1. The van der Waals surface area contributed by atoms with Gasteiger partial charge in [-0.3, -0.25) is 4.79 Å². The molecule has 1 aromatic rings. The molecule has 150 valence electrons. The Hall–Kier alpha value is -1.69. The third-order valence-electron chi connectivity index (χ3n) is 4.21. The summed E-state index contributed by atoms with van der Waals surface area (Å²) in [6.45, 7) is 0.381. The van der Waals surface area contributed by atoms with Crippen molar-refractivity contribution in [1.82, 2.24) is 5.32 Å². The molecule has 0 radical (unpaired) electrons. The predicted molar refractivity (Wildman–Crippen MR) is 94.9 cm³/mol. The van der Waals surface area contributed by atoms with Gasteiger partial charge in [0.1, 0.15) is 18.3 Å². The summed E-state index contributed by atoms with van der Waals surface area (Å²) < 4.78 is 5.68. The van der Waals surface area contributed by atoms with Crippen LogP contribution < -0.4 is 5.32 Å². The van der Waals surface area contributed by atoms with Gasteiger partial charge in [-0.25, -0.2) is 4.79 Å². The molecule has 0 saturated carbocycles. The number of carboxylic acids is 1. The van der Waals surface area contributed by atoms with Crippen molar-refractivity contribution >= 4 is 23.6 Å². The lowest BCUT2D eigenvalue weighted by Crippen LogP contribution is -2.66. The quantitative estimate of drug-likeness (QED) is 0.335. The minimum absolute atomic E-state index is 0.370. The first-order chi connectivity index (χ1) is 12.7. The van der Waals surface area contributed by atoms with Crippen molar-refractivity contribution < 1.29 is 39.9 Å². The first-order valence-electron chi connectivity index (χ1n) is 8.27. The maximum Gasteiger partial charge on any atom is 0.347 e. The third kappa shape index (κ3) is 4.98. The van der Waals surface area contributed by atoms with Crippen LogP contribution in [-0.2, 0) is 14.3 Å². The van der Waals surface area contributed by atoms with E-state index in [1.165, 1.54) is 6.92 Å². The number of carbonyl (C=O) groups is 2. The molecule has 1 aliphatic rings. The Labute approximate surface area is 160 Å². The average molecular weight is 401 g/mol. The van der Waals surface area contributed by atoms with Crippen LogP contribution in [0.2, 0.25) is 0 Å². The van der Waals surface area contributed by atoms with Crippen molar-refractivity contribution in [1.29, 1.82) is 0 Å². The summed E-state index contributed by atoms with van der Waals surface area (Å²) in [6, 6.07) is 7.34. The molecule has 1 amide bonds. The highest BCUT2D eigenvalue weighted by atomic mass is 32.2. The van der Waals surface area contributed by atoms with Gasteiger partial charge in [-0.2, -0.15) is 0 Å². The predicted octanol–water partition coefficient (Wildman–Crippen LogP) is -1.07. The fourth-order valence-electron chi connectivity index (χ4n) is 2.91. The standard InChI is InChI=1S/C17H23NO8S/c1-9(20)18-13-11(21)7-17(16(24)25,27-10-5-3-2-4-6-10)26-15(13)14(23)12(22)8-19/h2-6,11-15,19,21-23H,7-8H2,1H3,(H,18,20)(H,24,25)/t11-,12+,13+,14+,15+,17-/m0/s1. The molecule has 6 N–H and O–H groups in total. The molecular formula is C17H23NO8S. The number of carboxylic acid groups (broad SMARTS) is 1. The molecular weight excluding hydrogens is 378 g/mol. The summed E-state index contributed by atoms with van der Waals surface area (Å²) in [4.78, 5) is 22.1. The van der Waals surface area contributed by atoms with Crippen LogP contribution in [-0.4, -0.2) is 79.4 Å². The fourth-order valence-corrected chi connectivity index (χ4v) is 4.09. The van der Waals surface area contributed by atoms with E-state index >= 15 is 0 Å². The molecule has 0 aromatic heterocycles. The maximum absolute atomic E-state index is 12.0. The van der Waals surface area contributed by atoms with Crippen LogP contribution in [0.1, 0.15) is 13.3 Å². The van der Waals surface area contributed by atoms with Gasteiger partial charge in [-0.15, -0.1) is 0 Å². The fraction of sp³-hybridized carbons (Fsp3) is 0.529. The highest BCUT2D eigenvalue weighted by Crippen LogP contribution is 2.43. The number of ether oxygens (including phenoxy) is 1. The van der Waals surface area contributed by atoms with Crippen LogP contribution >= 0.6 is 11.8 Å². The third-order valence-corrected chi connectivity index (χ3v) is 5.49. The largest absolute Gasteiger partial charge is 0.478 e. The second-order valence-electron chi connectivity index (χ2n) is 6.29. The number of amides is 1. The monoisotopic (exact) mass is 401 g/mol. The van der Waals surface area contributed by atoms with E-state index in [2.05, 4.69) is 5.32 Å². The lowest BCUT2D eigenvalue weighted by Gasteiger charge is -2.46. The van der Waals surface area contributed by atoms with Gasteiger partial charge in [-0.05, 0) is 12.1 Å². The Bertz CT molecular complexity index is 660. The Morgan fingerprint density at radius 2 is 1.96 bits per heavy atom. The van der Waals surface area contributed by atoms with Gasteiger partial charge in [0, 0.05) is 18.2 Å². The molecule has 1 heterocycles. The molecule has 6 atom stereocenters. The zero-order chi connectivity index (χ0) is 20.2. The summed E-state index contributed by atoms with van der Waals surface area (Å²) >= 11 is 0.836. The van der Waals surface area contributed by atoms with E-state index in [-0.39, 0.29) is 6.42 Å². The lowest BCUT2D eigenvalue weighted by molar-refractivity contribution is -0.205. The van der Waals surface area contributed by atoms with Crippen LogP contribution in [0.5, 0.6) is 0 Å². The summed E-state index contributed by atoms with van der Waals surface area (Å²) in [5.41, 5.74) is 0. The molecule has 2 rings (SSSR count). The summed E-state index contributed by atoms with van der Waals surface area (Å²) in [5.74, 6) is -1.91. The molecule has 9 nitrogen and oxygen atoms in total. The van der Waals surface area contributed by atoms with Gasteiger partial charge in [0.15, 0.2) is 0 Å². The highest BCUT2D eigenvalue weighted by molar-refractivity contribution is 8.01. The number of hydrogen-bond donors (Lipinski definition) is 6. The van der Waals surface area contributed by atoms with E-state index < -0.39 is 53.9 Å².